The molecule has 1 aromatic carbocycles. The Labute approximate surface area is 136 Å². The van der Waals surface area contributed by atoms with Crippen molar-refractivity contribution in [1.29, 1.82) is 0 Å². The molecule has 2 aliphatic rings. The van der Waals surface area contributed by atoms with Crippen LogP contribution in [-0.2, 0) is 24.3 Å². The van der Waals surface area contributed by atoms with Crippen LogP contribution < -0.4 is 0 Å². The van der Waals surface area contributed by atoms with Gasteiger partial charge in [-0.05, 0) is 0 Å². The van der Waals surface area contributed by atoms with Crippen molar-refractivity contribution < 1.29 is 17.9 Å². The van der Waals surface area contributed by atoms with E-state index < -0.39 is 0 Å². The minimum atomic E-state index is -0.334. The number of nitrogens with zero attached hydrogens (tertiary/aromatic N) is 1. The number of fused-ring (bicyclic) bond motifs is 3. The van der Waals surface area contributed by atoms with Crippen LogP contribution in [0, 0.1) is 17.3 Å². The molecular weight excluding hydrogens is 338 g/mol. The monoisotopic (exact) mass is 365 g/mol. The molecule has 1 aromatic rings. The molecule has 1 fully saturated rings. The molecule has 2 bridgehead atoms. The quantitative estimate of drug-likeness (QED) is 0.436. The van der Waals surface area contributed by atoms with Gasteiger partial charge in [0.2, 0.25) is 0 Å². The van der Waals surface area contributed by atoms with Gasteiger partial charge in [0, 0.05) is 0 Å². The van der Waals surface area contributed by atoms with Crippen molar-refractivity contribution in [2.75, 3.05) is 0 Å². The van der Waals surface area contributed by atoms with E-state index in [1.807, 2.05) is 0 Å². The van der Waals surface area contributed by atoms with Gasteiger partial charge in [0.05, 0.1) is 0 Å². The van der Waals surface area contributed by atoms with E-state index >= 15 is 0 Å². The van der Waals surface area contributed by atoms with Gasteiger partial charge < -0.3 is 0 Å². The first kappa shape index (κ1) is 15.2. The zero-order chi connectivity index (χ0) is 14.7. The normalized spacial score (nSPS) is 29.0. The van der Waals surface area contributed by atoms with Crippen LogP contribution >= 0.6 is 0 Å². The second kappa shape index (κ2) is 6.61. The van der Waals surface area contributed by atoms with Gasteiger partial charge >= 0.3 is 137 Å². The van der Waals surface area contributed by atoms with E-state index in [4.69, 9.17) is 3.50 Å². The van der Waals surface area contributed by atoms with Gasteiger partial charge in [-0.2, -0.15) is 0 Å². The summed E-state index contributed by atoms with van der Waals surface area (Å²) in [5.41, 5.74) is 2.98. The fourth-order valence-corrected chi connectivity index (χ4v) is 5.17. The average Bonchev–Trinajstić information content (AvgIpc) is 2.92. The molecule has 1 aliphatic heterocycles. The molecule has 0 saturated heterocycles. The van der Waals surface area contributed by atoms with Gasteiger partial charge in [-0.25, -0.2) is 0 Å². The molecule has 2 heteroatoms. The van der Waals surface area contributed by atoms with Crippen molar-refractivity contribution in [2.45, 2.75) is 46.0 Å². The van der Waals surface area contributed by atoms with Gasteiger partial charge in [-0.15, -0.1) is 0 Å². The van der Waals surface area contributed by atoms with Crippen molar-refractivity contribution in [2.24, 2.45) is 20.7 Å². The first-order valence-electron chi connectivity index (χ1n) is 8.10. The van der Waals surface area contributed by atoms with Crippen molar-refractivity contribution in [1.82, 2.24) is 0 Å². The molecule has 0 N–H and O–H groups in total. The van der Waals surface area contributed by atoms with Crippen LogP contribution in [0.15, 0.2) is 39.9 Å². The average molecular weight is 363 g/mol. The van der Waals surface area contributed by atoms with Gasteiger partial charge in [0.1, 0.15) is 0 Å². The molecule has 2 atom stereocenters. The Morgan fingerprint density at radius 3 is 2.86 bits per heavy atom. The molecule has 0 aromatic heterocycles. The van der Waals surface area contributed by atoms with Crippen molar-refractivity contribution >= 4 is 10.1 Å². The van der Waals surface area contributed by atoms with E-state index in [2.05, 4.69) is 54.7 Å². The molecule has 1 saturated carbocycles. The first-order valence-corrected chi connectivity index (χ1v) is 10.2. The predicted octanol–water partition coefficient (Wildman–Crippen LogP) is 5.33. The molecular formula is C19H25MoN+2. The number of benzene rings is 1. The predicted molar refractivity (Wildman–Crippen MR) is 86.7 cm³/mol. The Bertz CT molecular complexity index is 593. The van der Waals surface area contributed by atoms with Crippen molar-refractivity contribution in [3.05, 3.63) is 42.0 Å². The van der Waals surface area contributed by atoms with Crippen molar-refractivity contribution in [3.8, 4) is 0 Å². The van der Waals surface area contributed by atoms with Crippen LogP contribution in [0.25, 0.3) is 0 Å². The van der Waals surface area contributed by atoms with E-state index in [1.165, 1.54) is 36.9 Å². The minimum absolute atomic E-state index is 0.291. The second-order valence-electron chi connectivity index (χ2n) is 7.14. The van der Waals surface area contributed by atoms with Crippen LogP contribution in [0.2, 0.25) is 0 Å². The Hall–Kier alpha value is -0.682. The van der Waals surface area contributed by atoms with Crippen LogP contribution in [0.3, 0.4) is 0 Å². The zero-order valence-electron chi connectivity index (χ0n) is 13.1. The molecule has 1 heterocycles. The summed E-state index contributed by atoms with van der Waals surface area (Å²) in [7, 11) is 0. The number of hydrogen-bond acceptors (Lipinski definition) is 1. The fourth-order valence-electron chi connectivity index (χ4n) is 3.27. The van der Waals surface area contributed by atoms with E-state index in [-0.39, 0.29) is 17.9 Å². The maximum atomic E-state index is 4.97. The van der Waals surface area contributed by atoms with Crippen LogP contribution in [0.1, 0.15) is 45.1 Å². The van der Waals surface area contributed by atoms with Gasteiger partial charge in [0.25, 0.3) is 0 Å². The second-order valence-corrected chi connectivity index (χ2v) is 8.78. The van der Waals surface area contributed by atoms with Gasteiger partial charge in [0.15, 0.2) is 0 Å². The summed E-state index contributed by atoms with van der Waals surface area (Å²) in [4.78, 5) is 0. The zero-order valence-corrected chi connectivity index (χ0v) is 15.1. The number of hydrogen-bond donors (Lipinski definition) is 0. The van der Waals surface area contributed by atoms with E-state index in [0.717, 1.165) is 18.3 Å². The Kier molecular flexibility index (Phi) is 4.79. The van der Waals surface area contributed by atoms with Crippen molar-refractivity contribution in [3.63, 3.8) is 0 Å². The maximum absolute atomic E-state index is 4.97. The summed E-state index contributed by atoms with van der Waals surface area (Å²) < 4.78 is 7.54. The summed E-state index contributed by atoms with van der Waals surface area (Å²) in [5.74, 6) is 1.63. The van der Waals surface area contributed by atoms with Gasteiger partial charge in [-0.3, -0.25) is 0 Å². The molecule has 1 aliphatic carbocycles. The number of rotatable bonds is 0. The molecule has 110 valence electrons. The third kappa shape index (κ3) is 4.16. The third-order valence-corrected chi connectivity index (χ3v) is 6.76. The fraction of sp³-hybridized carbons (Fsp3) is 0.526. The standard InChI is InChI=1S/C19H25N.Mo/c1-15-8-9-16(14-15)10-12-19(2,3)13-11-17-6-4-5-7-18(17)20;/h1,4-7,10,12,15-16H,8-9,11,13-14H2,2-3H3;/q;+2/b12-10-;. The first-order chi connectivity index (χ1) is 10.1. The summed E-state index contributed by atoms with van der Waals surface area (Å²) in [6.07, 6.45) is 11.4. The molecule has 0 radical (unpaired) electrons. The summed E-state index contributed by atoms with van der Waals surface area (Å²) in [6.45, 7) is 4.74. The molecule has 1 nitrogen and oxygen atoms in total. The summed E-state index contributed by atoms with van der Waals surface area (Å²) in [5, 5.41) is 0. The number of allylic oxidation sites excluding steroid dienone is 2. The molecule has 0 amide bonds. The molecule has 3 rings (SSSR count). The molecule has 21 heavy (non-hydrogen) atoms. The van der Waals surface area contributed by atoms with E-state index in [9.17, 15) is 0 Å². The topological polar surface area (TPSA) is 12.4 Å². The van der Waals surface area contributed by atoms with E-state index in [1.54, 1.807) is 0 Å². The van der Waals surface area contributed by atoms with Gasteiger partial charge in [-0.1, -0.05) is 0 Å². The Morgan fingerprint density at radius 2 is 1.95 bits per heavy atom. The SMILES string of the molecule is CC1(C)/C=C\C2CCC([CH]=[Mo+2]=[N]c3ccccc3CC1)C2. The molecule has 2 unspecified atom stereocenters. The Morgan fingerprint density at radius 1 is 1.14 bits per heavy atom. The molecule has 0 spiro atoms. The Balaban J connectivity index is 1.94. The van der Waals surface area contributed by atoms with E-state index in [0.29, 0.717) is 5.41 Å². The van der Waals surface area contributed by atoms with Crippen LogP contribution in [0.4, 0.5) is 5.69 Å². The van der Waals surface area contributed by atoms with Crippen LogP contribution in [0.5, 0.6) is 0 Å². The summed E-state index contributed by atoms with van der Waals surface area (Å²) in [6, 6.07) is 8.75. The third-order valence-electron chi connectivity index (χ3n) is 4.77. The van der Waals surface area contributed by atoms with Crippen LogP contribution in [-0.4, -0.2) is 4.40 Å². The number of aryl methyl sites for hydroxylation is 1. The summed E-state index contributed by atoms with van der Waals surface area (Å²) >= 11 is -0.334.